The third-order valence-corrected chi connectivity index (χ3v) is 4.63. The van der Waals surface area contributed by atoms with E-state index in [1.165, 1.54) is 11.0 Å². The van der Waals surface area contributed by atoms with Crippen LogP contribution in [-0.4, -0.2) is 18.7 Å². The fraction of sp³-hybridized carbons (Fsp3) is 0.588. The van der Waals surface area contributed by atoms with Crippen LogP contribution in [0.5, 0.6) is 0 Å². The Balaban J connectivity index is 1.99. The molecule has 1 heterocycles. The summed E-state index contributed by atoms with van der Waals surface area (Å²) in [6.45, 7) is 2.18. The number of rotatable bonds is 3. The Morgan fingerprint density at radius 1 is 1.38 bits per heavy atom. The van der Waals surface area contributed by atoms with E-state index >= 15 is 0 Å². The first-order valence-corrected chi connectivity index (χ1v) is 8.25. The summed E-state index contributed by atoms with van der Waals surface area (Å²) in [5.41, 5.74) is 6.18. The Morgan fingerprint density at radius 2 is 2.08 bits per heavy atom. The molecule has 1 fully saturated rings. The van der Waals surface area contributed by atoms with E-state index in [-0.39, 0.29) is 12.6 Å². The summed E-state index contributed by atoms with van der Waals surface area (Å²) in [6.07, 6.45) is -1.78. The van der Waals surface area contributed by atoms with Gasteiger partial charge in [0.1, 0.15) is 0 Å². The van der Waals surface area contributed by atoms with E-state index in [0.717, 1.165) is 25.0 Å². The average molecular weight is 342 g/mol. The molecule has 2 N–H and O–H groups in total. The van der Waals surface area contributed by atoms with Crippen LogP contribution in [0.3, 0.4) is 0 Å². The third-order valence-electron chi connectivity index (χ3n) is 4.63. The van der Waals surface area contributed by atoms with Gasteiger partial charge < -0.3 is 10.5 Å². The van der Waals surface area contributed by atoms with Gasteiger partial charge in [0.2, 0.25) is 0 Å². The first-order valence-electron chi connectivity index (χ1n) is 8.25. The second-order valence-electron chi connectivity index (χ2n) is 6.50. The number of hydrogen-bond donors (Lipinski definition) is 1. The van der Waals surface area contributed by atoms with Crippen LogP contribution < -0.4 is 10.6 Å². The molecule has 1 aromatic rings. The number of halogens is 3. The van der Waals surface area contributed by atoms with Crippen LogP contribution in [-0.2, 0) is 10.9 Å². The number of carbonyl (C=O) groups is 1. The predicted octanol–water partition coefficient (Wildman–Crippen LogP) is 4.24. The van der Waals surface area contributed by atoms with Crippen molar-refractivity contribution in [2.45, 2.75) is 50.9 Å². The minimum atomic E-state index is -4.43. The SMILES string of the molecule is CCCOC(=O)N1c2ccc(C(F)(F)F)cc2[C@@H](N)C[C@H]1C1CC1. The summed E-state index contributed by atoms with van der Waals surface area (Å²) in [5.74, 6) is 0.348. The van der Waals surface area contributed by atoms with Crippen molar-refractivity contribution >= 4 is 11.8 Å². The minimum Gasteiger partial charge on any atom is -0.449 e. The van der Waals surface area contributed by atoms with Gasteiger partial charge >= 0.3 is 12.3 Å². The highest BCUT2D eigenvalue weighted by molar-refractivity contribution is 5.90. The monoisotopic (exact) mass is 342 g/mol. The van der Waals surface area contributed by atoms with Gasteiger partial charge in [0.05, 0.1) is 17.9 Å². The van der Waals surface area contributed by atoms with Crippen LogP contribution >= 0.6 is 0 Å². The zero-order valence-corrected chi connectivity index (χ0v) is 13.5. The first kappa shape index (κ1) is 17.1. The van der Waals surface area contributed by atoms with E-state index < -0.39 is 23.9 Å². The number of nitrogens with two attached hydrogens (primary N) is 1. The van der Waals surface area contributed by atoms with Gasteiger partial charge in [-0.2, -0.15) is 13.2 Å². The van der Waals surface area contributed by atoms with Gasteiger partial charge in [-0.15, -0.1) is 0 Å². The molecule has 0 spiro atoms. The van der Waals surface area contributed by atoms with Crippen LogP contribution in [0, 0.1) is 5.92 Å². The number of ether oxygens (including phenoxy) is 1. The topological polar surface area (TPSA) is 55.6 Å². The molecule has 0 aromatic heterocycles. The molecule has 4 nitrogen and oxygen atoms in total. The molecule has 0 bridgehead atoms. The average Bonchev–Trinajstić information content (AvgIpc) is 3.36. The lowest BCUT2D eigenvalue weighted by Crippen LogP contribution is -2.47. The Labute approximate surface area is 138 Å². The van der Waals surface area contributed by atoms with Crippen LogP contribution in [0.25, 0.3) is 0 Å². The van der Waals surface area contributed by atoms with E-state index in [0.29, 0.717) is 30.0 Å². The van der Waals surface area contributed by atoms with E-state index in [1.807, 2.05) is 6.92 Å². The molecule has 3 rings (SSSR count). The molecule has 2 aliphatic rings. The lowest BCUT2D eigenvalue weighted by Gasteiger charge is -2.39. The molecule has 1 aliphatic carbocycles. The summed E-state index contributed by atoms with van der Waals surface area (Å²) in [4.78, 5) is 14.0. The van der Waals surface area contributed by atoms with Gasteiger partial charge in [-0.3, -0.25) is 4.90 Å². The molecular formula is C17H21F3N2O2. The maximum Gasteiger partial charge on any atom is 0.416 e. The largest absolute Gasteiger partial charge is 0.449 e. The maximum absolute atomic E-state index is 13.0. The molecule has 0 saturated heterocycles. The highest BCUT2D eigenvalue weighted by Crippen LogP contribution is 2.47. The van der Waals surface area contributed by atoms with Gasteiger partial charge in [-0.1, -0.05) is 6.92 Å². The summed E-state index contributed by atoms with van der Waals surface area (Å²) in [7, 11) is 0. The fourth-order valence-corrected chi connectivity index (χ4v) is 3.30. The van der Waals surface area contributed by atoms with Crippen molar-refractivity contribution in [3.8, 4) is 0 Å². The van der Waals surface area contributed by atoms with E-state index in [2.05, 4.69) is 0 Å². The molecule has 0 unspecified atom stereocenters. The van der Waals surface area contributed by atoms with Gasteiger partial charge in [0, 0.05) is 12.1 Å². The lowest BCUT2D eigenvalue weighted by atomic mass is 9.88. The summed E-state index contributed by atoms with van der Waals surface area (Å²) < 4.78 is 44.2. The highest BCUT2D eigenvalue weighted by atomic mass is 19.4. The molecule has 1 saturated carbocycles. The maximum atomic E-state index is 13.0. The predicted molar refractivity (Wildman–Crippen MR) is 83.6 cm³/mol. The van der Waals surface area contributed by atoms with E-state index in [4.69, 9.17) is 10.5 Å². The molecule has 24 heavy (non-hydrogen) atoms. The zero-order chi connectivity index (χ0) is 17.5. The van der Waals surface area contributed by atoms with Crippen molar-refractivity contribution in [1.29, 1.82) is 0 Å². The van der Waals surface area contributed by atoms with Gasteiger partial charge in [-0.05, 0) is 55.4 Å². The number of alkyl halides is 3. The molecule has 0 radical (unpaired) electrons. The molecule has 2 atom stereocenters. The van der Waals surface area contributed by atoms with Crippen molar-refractivity contribution in [2.24, 2.45) is 11.7 Å². The van der Waals surface area contributed by atoms with Crippen molar-refractivity contribution in [2.75, 3.05) is 11.5 Å². The highest BCUT2D eigenvalue weighted by Gasteiger charge is 2.44. The second-order valence-corrected chi connectivity index (χ2v) is 6.50. The molecule has 1 aliphatic heterocycles. The Morgan fingerprint density at radius 3 is 2.67 bits per heavy atom. The van der Waals surface area contributed by atoms with Crippen molar-refractivity contribution < 1.29 is 22.7 Å². The Hall–Kier alpha value is -1.76. The van der Waals surface area contributed by atoms with E-state index in [9.17, 15) is 18.0 Å². The molecule has 132 valence electrons. The minimum absolute atomic E-state index is 0.103. The fourth-order valence-electron chi connectivity index (χ4n) is 3.30. The second kappa shape index (κ2) is 6.27. The standard InChI is InChI=1S/C17H21F3N2O2/c1-2-7-24-16(23)22-14-6-5-11(17(18,19)20)8-12(14)13(21)9-15(22)10-3-4-10/h5-6,8,10,13,15H,2-4,7,9,21H2,1H3/t13-,15-/m0/s1. The van der Waals surface area contributed by atoms with E-state index in [1.54, 1.807) is 0 Å². The Bertz CT molecular complexity index is 629. The van der Waals surface area contributed by atoms with Crippen LogP contribution in [0.1, 0.15) is 49.8 Å². The van der Waals surface area contributed by atoms with Crippen molar-refractivity contribution in [3.63, 3.8) is 0 Å². The quantitative estimate of drug-likeness (QED) is 0.894. The van der Waals surface area contributed by atoms with Crippen molar-refractivity contribution in [1.82, 2.24) is 0 Å². The van der Waals surface area contributed by atoms with Crippen LogP contribution in [0.4, 0.5) is 23.7 Å². The third kappa shape index (κ3) is 3.22. The number of benzene rings is 1. The normalized spacial score (nSPS) is 23.8. The molecular weight excluding hydrogens is 321 g/mol. The van der Waals surface area contributed by atoms with Gasteiger partial charge in [-0.25, -0.2) is 4.79 Å². The van der Waals surface area contributed by atoms with Crippen LogP contribution in [0.15, 0.2) is 18.2 Å². The number of carbonyl (C=O) groups excluding carboxylic acids is 1. The molecule has 1 amide bonds. The number of amides is 1. The molecule has 7 heteroatoms. The summed E-state index contributed by atoms with van der Waals surface area (Å²) in [6, 6.07) is 2.79. The Kier molecular flexibility index (Phi) is 4.46. The zero-order valence-electron chi connectivity index (χ0n) is 13.5. The molecule has 1 aromatic carbocycles. The first-order chi connectivity index (χ1) is 11.3. The number of hydrogen-bond acceptors (Lipinski definition) is 3. The smallest absolute Gasteiger partial charge is 0.416 e. The number of nitrogens with zero attached hydrogens (tertiary/aromatic N) is 1. The summed E-state index contributed by atoms with van der Waals surface area (Å²) in [5, 5.41) is 0. The van der Waals surface area contributed by atoms with Gasteiger partial charge in [0.25, 0.3) is 0 Å². The van der Waals surface area contributed by atoms with Gasteiger partial charge in [0.15, 0.2) is 0 Å². The summed E-state index contributed by atoms with van der Waals surface area (Å²) >= 11 is 0. The number of fused-ring (bicyclic) bond motifs is 1. The lowest BCUT2D eigenvalue weighted by molar-refractivity contribution is -0.137. The number of anilines is 1. The van der Waals surface area contributed by atoms with Crippen molar-refractivity contribution in [3.05, 3.63) is 29.3 Å². The van der Waals surface area contributed by atoms with Crippen LogP contribution in [0.2, 0.25) is 0 Å².